The minimum absolute atomic E-state index is 0.00830. The van der Waals surface area contributed by atoms with E-state index in [-0.39, 0.29) is 23.6 Å². The molecule has 1 atom stereocenters. The molecule has 5 heteroatoms. The van der Waals surface area contributed by atoms with Crippen molar-refractivity contribution in [2.45, 2.75) is 44.2 Å². The molecule has 2 aliphatic heterocycles. The molecule has 1 amide bonds. The van der Waals surface area contributed by atoms with Crippen molar-refractivity contribution in [1.29, 1.82) is 0 Å². The highest BCUT2D eigenvalue weighted by Gasteiger charge is 2.38. The highest BCUT2D eigenvalue weighted by molar-refractivity contribution is 5.76. The highest BCUT2D eigenvalue weighted by Crippen LogP contribution is 2.36. The fourth-order valence-electron chi connectivity index (χ4n) is 3.27. The van der Waals surface area contributed by atoms with Gasteiger partial charge in [0.1, 0.15) is 0 Å². The lowest BCUT2D eigenvalue weighted by Crippen LogP contribution is -2.32. The van der Waals surface area contributed by atoms with E-state index in [1.54, 1.807) is 4.90 Å². The van der Waals surface area contributed by atoms with E-state index in [2.05, 4.69) is 0 Å². The number of carbonyl (C=O) groups excluding carboxylic acids is 1. The minimum atomic E-state index is -0.870. The minimum Gasteiger partial charge on any atom is -0.375 e. The highest BCUT2D eigenvalue weighted by atomic mass is 19.2. The fourth-order valence-corrected chi connectivity index (χ4v) is 3.27. The fraction of sp³-hybridized carbons (Fsp3) is 0.562. The van der Waals surface area contributed by atoms with Crippen LogP contribution in [-0.4, -0.2) is 29.6 Å². The van der Waals surface area contributed by atoms with E-state index >= 15 is 0 Å². The summed E-state index contributed by atoms with van der Waals surface area (Å²) in [6, 6.07) is 4.08. The van der Waals surface area contributed by atoms with Crippen LogP contribution in [0.3, 0.4) is 0 Å². The first-order valence-electron chi connectivity index (χ1n) is 7.44. The lowest BCUT2D eigenvalue weighted by molar-refractivity contribution is -0.131. The number of hydrogen-bond donors (Lipinski definition) is 0. The molecule has 0 saturated carbocycles. The maximum atomic E-state index is 13.7. The molecule has 3 nitrogen and oxygen atoms in total. The number of likely N-dealkylation sites (tertiary alicyclic amines) is 1. The Morgan fingerprint density at radius 1 is 1.24 bits per heavy atom. The molecule has 2 heterocycles. The second-order valence-corrected chi connectivity index (χ2v) is 5.91. The molecular formula is C16H19F2NO2. The Hall–Kier alpha value is -1.49. The maximum Gasteiger partial charge on any atom is 0.222 e. The average Bonchev–Trinajstić information content (AvgIpc) is 2.88. The van der Waals surface area contributed by atoms with Crippen molar-refractivity contribution in [2.75, 3.05) is 13.2 Å². The summed E-state index contributed by atoms with van der Waals surface area (Å²) in [6.45, 7) is 1.42. The van der Waals surface area contributed by atoms with Crippen LogP contribution in [0.25, 0.3) is 0 Å². The topological polar surface area (TPSA) is 29.5 Å². The van der Waals surface area contributed by atoms with E-state index in [0.29, 0.717) is 13.0 Å². The zero-order valence-corrected chi connectivity index (χ0v) is 11.9. The zero-order chi connectivity index (χ0) is 14.9. The molecule has 2 aliphatic rings. The molecule has 1 unspecified atom stereocenters. The number of ether oxygens (including phenoxy) is 1. The van der Waals surface area contributed by atoms with Gasteiger partial charge in [0.25, 0.3) is 0 Å². The Morgan fingerprint density at radius 2 is 2.10 bits per heavy atom. The number of hydrogen-bond acceptors (Lipinski definition) is 2. The lowest BCUT2D eigenvalue weighted by atomic mass is 9.92. The third-order valence-corrected chi connectivity index (χ3v) is 4.56. The number of nitrogens with zero attached hydrogens (tertiary/aromatic N) is 1. The van der Waals surface area contributed by atoms with Crippen molar-refractivity contribution in [3.8, 4) is 0 Å². The summed E-state index contributed by atoms with van der Waals surface area (Å²) in [5, 5.41) is 0. The van der Waals surface area contributed by atoms with Gasteiger partial charge < -0.3 is 9.64 Å². The van der Waals surface area contributed by atoms with Crippen molar-refractivity contribution in [3.05, 3.63) is 35.4 Å². The van der Waals surface area contributed by atoms with Gasteiger partial charge in [-0.2, -0.15) is 0 Å². The smallest absolute Gasteiger partial charge is 0.222 e. The van der Waals surface area contributed by atoms with E-state index in [9.17, 15) is 13.6 Å². The van der Waals surface area contributed by atoms with E-state index < -0.39 is 11.6 Å². The molecule has 2 fully saturated rings. The largest absolute Gasteiger partial charge is 0.375 e. The third-order valence-electron chi connectivity index (χ3n) is 4.56. The van der Waals surface area contributed by atoms with Crippen molar-refractivity contribution in [1.82, 2.24) is 4.90 Å². The van der Waals surface area contributed by atoms with Gasteiger partial charge in [-0.1, -0.05) is 12.1 Å². The van der Waals surface area contributed by atoms with Gasteiger partial charge in [-0.3, -0.25) is 4.79 Å². The van der Waals surface area contributed by atoms with Crippen LogP contribution < -0.4 is 0 Å². The second-order valence-electron chi connectivity index (χ2n) is 5.91. The summed E-state index contributed by atoms with van der Waals surface area (Å²) < 4.78 is 32.8. The monoisotopic (exact) mass is 295 g/mol. The van der Waals surface area contributed by atoms with Crippen LogP contribution in [0.15, 0.2) is 18.2 Å². The van der Waals surface area contributed by atoms with Gasteiger partial charge in [-0.15, -0.1) is 0 Å². The summed E-state index contributed by atoms with van der Waals surface area (Å²) >= 11 is 0. The first-order chi connectivity index (χ1) is 10.1. The predicted molar refractivity (Wildman–Crippen MR) is 73.5 cm³/mol. The number of halogens is 2. The standard InChI is InChI=1S/C16H19F2NO2/c17-13-4-1-3-12(15(13)18)11-19-9-8-16(6-2-10-21-16)7-5-14(19)20/h1,3-4H,2,5-11H2. The van der Waals surface area contributed by atoms with Gasteiger partial charge in [0.2, 0.25) is 5.91 Å². The Labute approximate surface area is 122 Å². The third kappa shape index (κ3) is 2.93. The van der Waals surface area contributed by atoms with Gasteiger partial charge in [-0.05, 0) is 31.7 Å². The average molecular weight is 295 g/mol. The van der Waals surface area contributed by atoms with Crippen molar-refractivity contribution >= 4 is 5.91 Å². The Balaban J connectivity index is 1.73. The van der Waals surface area contributed by atoms with E-state index in [0.717, 1.165) is 38.4 Å². The summed E-state index contributed by atoms with van der Waals surface area (Å²) in [4.78, 5) is 13.8. The van der Waals surface area contributed by atoms with Crippen LogP contribution in [0.2, 0.25) is 0 Å². The van der Waals surface area contributed by atoms with Crippen LogP contribution in [0, 0.1) is 11.6 Å². The Morgan fingerprint density at radius 3 is 2.86 bits per heavy atom. The summed E-state index contributed by atoms with van der Waals surface area (Å²) in [5.41, 5.74) is 0.0527. The van der Waals surface area contributed by atoms with Gasteiger partial charge in [0.15, 0.2) is 11.6 Å². The van der Waals surface area contributed by atoms with E-state index in [1.807, 2.05) is 0 Å². The van der Waals surface area contributed by atoms with Crippen molar-refractivity contribution in [2.24, 2.45) is 0 Å². The van der Waals surface area contributed by atoms with Crippen LogP contribution in [0.1, 0.15) is 37.7 Å². The van der Waals surface area contributed by atoms with Crippen LogP contribution in [0.4, 0.5) is 8.78 Å². The normalized spacial score (nSPS) is 26.4. The number of amides is 1. The van der Waals surface area contributed by atoms with E-state index in [4.69, 9.17) is 4.74 Å². The molecule has 2 saturated heterocycles. The maximum absolute atomic E-state index is 13.7. The van der Waals surface area contributed by atoms with Crippen LogP contribution in [0.5, 0.6) is 0 Å². The van der Waals surface area contributed by atoms with Crippen LogP contribution in [-0.2, 0) is 16.1 Å². The van der Waals surface area contributed by atoms with Gasteiger partial charge >= 0.3 is 0 Å². The zero-order valence-electron chi connectivity index (χ0n) is 11.9. The molecule has 0 aromatic heterocycles. The molecule has 3 rings (SSSR count). The SMILES string of the molecule is O=C1CCC2(CCCO2)CCN1Cc1cccc(F)c1F. The number of benzene rings is 1. The molecule has 21 heavy (non-hydrogen) atoms. The predicted octanol–water partition coefficient (Wildman–Crippen LogP) is 3.03. The molecule has 1 aromatic carbocycles. The van der Waals surface area contributed by atoms with Gasteiger partial charge in [0, 0.05) is 31.7 Å². The first-order valence-corrected chi connectivity index (χ1v) is 7.44. The molecule has 1 spiro atoms. The molecule has 1 aromatic rings. The first kappa shape index (κ1) is 14.4. The molecule has 0 N–H and O–H groups in total. The Bertz CT molecular complexity index is 541. The summed E-state index contributed by atoms with van der Waals surface area (Å²) in [6.07, 6.45) is 3.94. The van der Waals surface area contributed by atoms with Crippen molar-refractivity contribution < 1.29 is 18.3 Å². The molecular weight excluding hydrogens is 276 g/mol. The number of carbonyl (C=O) groups is 1. The summed E-state index contributed by atoms with van der Waals surface area (Å²) in [5.74, 6) is -1.74. The summed E-state index contributed by atoms with van der Waals surface area (Å²) in [7, 11) is 0. The van der Waals surface area contributed by atoms with Gasteiger partial charge in [0.05, 0.1) is 5.60 Å². The van der Waals surface area contributed by atoms with Crippen LogP contribution >= 0.6 is 0 Å². The second kappa shape index (κ2) is 5.72. The van der Waals surface area contributed by atoms with E-state index in [1.165, 1.54) is 12.1 Å². The molecule has 114 valence electrons. The van der Waals surface area contributed by atoms with Crippen molar-refractivity contribution in [3.63, 3.8) is 0 Å². The lowest BCUT2D eigenvalue weighted by Gasteiger charge is -2.26. The molecule has 0 aliphatic carbocycles. The number of rotatable bonds is 2. The molecule has 0 radical (unpaired) electrons. The molecule has 0 bridgehead atoms. The quantitative estimate of drug-likeness (QED) is 0.839. The Kier molecular flexibility index (Phi) is 3.93. The van der Waals surface area contributed by atoms with Gasteiger partial charge in [-0.25, -0.2) is 8.78 Å².